The topological polar surface area (TPSA) is 56.2 Å². The van der Waals surface area contributed by atoms with Gasteiger partial charge in [0, 0.05) is 17.7 Å². The van der Waals surface area contributed by atoms with Crippen LogP contribution in [-0.4, -0.2) is 5.78 Å². The smallest absolute Gasteiger partial charge is 0.167 e. The maximum atomic E-state index is 11.8. The third kappa shape index (κ3) is 2.26. The first kappa shape index (κ1) is 9.52. The van der Waals surface area contributed by atoms with Crippen molar-refractivity contribution in [3.8, 4) is 0 Å². The van der Waals surface area contributed by atoms with E-state index in [0.717, 1.165) is 5.56 Å². The van der Waals surface area contributed by atoms with Crippen molar-refractivity contribution in [2.45, 2.75) is 6.42 Å². The van der Waals surface area contributed by atoms with Crippen molar-refractivity contribution in [1.82, 2.24) is 0 Å². The van der Waals surface area contributed by atoms with Crippen molar-refractivity contribution in [2.24, 2.45) is 0 Å². The van der Waals surface area contributed by atoms with Crippen LogP contribution in [0.25, 0.3) is 0 Å². The van der Waals surface area contributed by atoms with Gasteiger partial charge in [0.25, 0.3) is 0 Å². The lowest BCUT2D eigenvalue weighted by Gasteiger charge is -2.00. The van der Waals surface area contributed by atoms with E-state index >= 15 is 0 Å². The van der Waals surface area contributed by atoms with Gasteiger partial charge in [-0.05, 0) is 23.8 Å². The molecule has 0 aliphatic heterocycles. The third-order valence-corrected chi connectivity index (χ3v) is 2.15. The Morgan fingerprint density at radius 3 is 2.87 bits per heavy atom. The lowest BCUT2D eigenvalue weighted by Crippen LogP contribution is -2.03. The van der Waals surface area contributed by atoms with Crippen molar-refractivity contribution in [2.75, 3.05) is 5.73 Å². The number of benzene rings is 1. The highest BCUT2D eigenvalue weighted by Crippen LogP contribution is 2.11. The Labute approximate surface area is 87.5 Å². The number of carbonyl (C=O) groups excluding carboxylic acids is 1. The van der Waals surface area contributed by atoms with Crippen LogP contribution in [0.4, 0.5) is 5.69 Å². The summed E-state index contributed by atoms with van der Waals surface area (Å²) in [6.07, 6.45) is 3.48. The molecule has 0 fully saturated rings. The Hall–Kier alpha value is -2.03. The van der Waals surface area contributed by atoms with E-state index in [4.69, 9.17) is 10.2 Å². The predicted molar refractivity (Wildman–Crippen MR) is 57.6 cm³/mol. The molecule has 3 heteroatoms. The average Bonchev–Trinajstić information content (AvgIpc) is 2.70. The van der Waals surface area contributed by atoms with E-state index in [9.17, 15) is 4.79 Å². The SMILES string of the molecule is Nc1cccc(C(=O)Cc2ccoc2)c1. The van der Waals surface area contributed by atoms with E-state index in [1.54, 1.807) is 42.9 Å². The molecule has 0 unspecified atom stereocenters. The second-order valence-corrected chi connectivity index (χ2v) is 3.36. The molecule has 1 aromatic heterocycles. The number of carbonyl (C=O) groups is 1. The molecule has 2 rings (SSSR count). The Kier molecular flexibility index (Phi) is 2.54. The first-order valence-corrected chi connectivity index (χ1v) is 4.65. The summed E-state index contributed by atoms with van der Waals surface area (Å²) in [6.45, 7) is 0. The first-order valence-electron chi connectivity index (χ1n) is 4.65. The number of Topliss-reactive ketones (excluding diaryl/α,β-unsaturated/α-hetero) is 1. The molecule has 0 saturated carbocycles. The monoisotopic (exact) mass is 201 g/mol. The van der Waals surface area contributed by atoms with Gasteiger partial charge in [0.2, 0.25) is 0 Å². The van der Waals surface area contributed by atoms with Crippen molar-refractivity contribution in [3.05, 3.63) is 54.0 Å². The fourth-order valence-electron chi connectivity index (χ4n) is 1.39. The number of rotatable bonds is 3. The molecule has 0 radical (unpaired) electrons. The van der Waals surface area contributed by atoms with E-state index in [-0.39, 0.29) is 5.78 Å². The van der Waals surface area contributed by atoms with Crippen LogP contribution >= 0.6 is 0 Å². The molecule has 1 aromatic carbocycles. The molecule has 0 spiro atoms. The number of furan rings is 1. The highest BCUT2D eigenvalue weighted by Gasteiger charge is 2.07. The number of ketones is 1. The second kappa shape index (κ2) is 4.00. The van der Waals surface area contributed by atoms with Gasteiger partial charge in [-0.1, -0.05) is 12.1 Å². The Balaban J connectivity index is 2.15. The van der Waals surface area contributed by atoms with Gasteiger partial charge in [0.1, 0.15) is 0 Å². The summed E-state index contributed by atoms with van der Waals surface area (Å²) in [4.78, 5) is 11.8. The number of nitrogens with two attached hydrogens (primary N) is 1. The summed E-state index contributed by atoms with van der Waals surface area (Å²) in [6, 6.07) is 8.76. The maximum absolute atomic E-state index is 11.8. The van der Waals surface area contributed by atoms with E-state index in [1.165, 1.54) is 0 Å². The fourth-order valence-corrected chi connectivity index (χ4v) is 1.39. The Morgan fingerprint density at radius 1 is 1.33 bits per heavy atom. The van der Waals surface area contributed by atoms with Crippen molar-refractivity contribution < 1.29 is 9.21 Å². The normalized spacial score (nSPS) is 10.1. The lowest BCUT2D eigenvalue weighted by molar-refractivity contribution is 0.0993. The van der Waals surface area contributed by atoms with Gasteiger partial charge in [-0.25, -0.2) is 0 Å². The fraction of sp³-hybridized carbons (Fsp3) is 0.0833. The minimum atomic E-state index is 0.0451. The van der Waals surface area contributed by atoms with Gasteiger partial charge in [0.15, 0.2) is 5.78 Å². The number of hydrogen-bond donors (Lipinski definition) is 1. The molecule has 0 atom stereocenters. The molecule has 2 N–H and O–H groups in total. The summed E-state index contributed by atoms with van der Waals surface area (Å²) in [5, 5.41) is 0. The van der Waals surface area contributed by atoms with E-state index in [1.807, 2.05) is 0 Å². The maximum Gasteiger partial charge on any atom is 0.167 e. The highest BCUT2D eigenvalue weighted by atomic mass is 16.3. The molecule has 0 aliphatic carbocycles. The van der Waals surface area contributed by atoms with E-state index < -0.39 is 0 Å². The molecule has 2 aromatic rings. The highest BCUT2D eigenvalue weighted by molar-refractivity contribution is 5.98. The average molecular weight is 201 g/mol. The van der Waals surface area contributed by atoms with Crippen LogP contribution < -0.4 is 5.73 Å². The second-order valence-electron chi connectivity index (χ2n) is 3.36. The molecule has 1 heterocycles. The van der Waals surface area contributed by atoms with Crippen LogP contribution in [0, 0.1) is 0 Å². The minimum Gasteiger partial charge on any atom is -0.472 e. The van der Waals surface area contributed by atoms with E-state index in [2.05, 4.69) is 0 Å². The van der Waals surface area contributed by atoms with Crippen molar-refractivity contribution >= 4 is 11.5 Å². The molecular weight excluding hydrogens is 190 g/mol. The van der Waals surface area contributed by atoms with Crippen molar-refractivity contribution in [3.63, 3.8) is 0 Å². The predicted octanol–water partition coefficient (Wildman–Crippen LogP) is 2.29. The van der Waals surface area contributed by atoms with E-state index in [0.29, 0.717) is 17.7 Å². The van der Waals surface area contributed by atoms with Gasteiger partial charge < -0.3 is 10.2 Å². The zero-order valence-electron chi connectivity index (χ0n) is 8.14. The summed E-state index contributed by atoms with van der Waals surface area (Å²) in [7, 11) is 0. The molecule has 3 nitrogen and oxygen atoms in total. The van der Waals surface area contributed by atoms with Crippen LogP contribution in [0.15, 0.2) is 47.3 Å². The van der Waals surface area contributed by atoms with Crippen molar-refractivity contribution in [1.29, 1.82) is 0 Å². The summed E-state index contributed by atoms with van der Waals surface area (Å²) >= 11 is 0. The number of nitrogen functional groups attached to an aromatic ring is 1. The molecule has 0 amide bonds. The zero-order valence-corrected chi connectivity index (χ0v) is 8.14. The Morgan fingerprint density at radius 2 is 2.20 bits per heavy atom. The molecule has 0 bridgehead atoms. The van der Waals surface area contributed by atoms with Crippen LogP contribution in [0.1, 0.15) is 15.9 Å². The van der Waals surface area contributed by atoms with Gasteiger partial charge >= 0.3 is 0 Å². The minimum absolute atomic E-state index is 0.0451. The van der Waals surface area contributed by atoms with Crippen LogP contribution in [0.2, 0.25) is 0 Å². The Bertz CT molecular complexity index is 460. The van der Waals surface area contributed by atoms with Gasteiger partial charge in [-0.15, -0.1) is 0 Å². The summed E-state index contributed by atoms with van der Waals surface area (Å²) < 4.78 is 4.90. The van der Waals surface area contributed by atoms with Gasteiger partial charge in [0.05, 0.1) is 12.5 Å². The standard InChI is InChI=1S/C12H11NO2/c13-11-3-1-2-10(7-11)12(14)6-9-4-5-15-8-9/h1-5,7-8H,6,13H2. The van der Waals surface area contributed by atoms with Crippen LogP contribution in [0.5, 0.6) is 0 Å². The summed E-state index contributed by atoms with van der Waals surface area (Å²) in [5.74, 6) is 0.0451. The lowest BCUT2D eigenvalue weighted by atomic mass is 10.0. The quantitative estimate of drug-likeness (QED) is 0.612. The number of anilines is 1. The molecule has 76 valence electrons. The van der Waals surface area contributed by atoms with Gasteiger partial charge in [-0.3, -0.25) is 4.79 Å². The zero-order chi connectivity index (χ0) is 10.7. The largest absolute Gasteiger partial charge is 0.472 e. The number of hydrogen-bond acceptors (Lipinski definition) is 3. The molecule has 0 aliphatic rings. The summed E-state index contributed by atoms with van der Waals surface area (Å²) in [5.41, 5.74) is 7.72. The van der Waals surface area contributed by atoms with Crippen LogP contribution in [-0.2, 0) is 6.42 Å². The van der Waals surface area contributed by atoms with Crippen LogP contribution in [0.3, 0.4) is 0 Å². The molecular formula is C12H11NO2. The molecule has 15 heavy (non-hydrogen) atoms. The third-order valence-electron chi connectivity index (χ3n) is 2.15. The molecule has 0 saturated heterocycles. The first-order chi connectivity index (χ1) is 7.25. The van der Waals surface area contributed by atoms with Gasteiger partial charge in [-0.2, -0.15) is 0 Å².